The number of pyridine rings is 1. The van der Waals surface area contributed by atoms with Crippen LogP contribution < -0.4 is 5.69 Å². The van der Waals surface area contributed by atoms with Gasteiger partial charge in [-0.2, -0.15) is 13.2 Å². The van der Waals surface area contributed by atoms with E-state index in [2.05, 4.69) is 35.1 Å². The summed E-state index contributed by atoms with van der Waals surface area (Å²) in [4.78, 5) is 34.2. The number of aliphatic hydroxyl groups excluding tert-OH is 1. The van der Waals surface area contributed by atoms with E-state index in [0.717, 1.165) is 9.25 Å². The second kappa shape index (κ2) is 11.1. The molecule has 4 aromatic heterocycles. The van der Waals surface area contributed by atoms with Crippen molar-refractivity contribution in [2.45, 2.75) is 38.7 Å². The lowest BCUT2D eigenvalue weighted by molar-refractivity contribution is -0.207. The number of Topliss-reactive ketones (excluding diaryl/α,β-unsaturated/α-hetero) is 1. The van der Waals surface area contributed by atoms with Gasteiger partial charge in [0.15, 0.2) is 29.2 Å². The predicted molar refractivity (Wildman–Crippen MR) is 134 cm³/mol. The Kier molecular flexibility index (Phi) is 7.51. The molecule has 0 bridgehead atoms. The first kappa shape index (κ1) is 27.9. The molecular weight excluding hydrogens is 571 g/mol. The van der Waals surface area contributed by atoms with Crippen LogP contribution in [-0.4, -0.2) is 67.6 Å². The SMILES string of the molecule is Cc1nonc1C(=O)Cc1ncccc1-n1cnc(Cn2nc(-c3ccc(Cl)cc3)n(C[C@H](O)C(F)(F)F)c2=O)n1. The smallest absolute Gasteiger partial charge is 0.382 e. The Bertz CT molecular complexity index is 1760. The van der Waals surface area contributed by atoms with Crippen LogP contribution in [0, 0.1) is 6.92 Å². The van der Waals surface area contributed by atoms with E-state index in [9.17, 15) is 27.9 Å². The van der Waals surface area contributed by atoms with Gasteiger partial charge in [-0.3, -0.25) is 14.3 Å². The topological polar surface area (TPSA) is 160 Å². The highest BCUT2D eigenvalue weighted by molar-refractivity contribution is 6.30. The van der Waals surface area contributed by atoms with E-state index in [1.165, 1.54) is 41.5 Å². The van der Waals surface area contributed by atoms with Gasteiger partial charge in [0, 0.05) is 16.8 Å². The fraction of sp³-hybridized carbons (Fsp3) is 0.250. The summed E-state index contributed by atoms with van der Waals surface area (Å²) in [5, 5.41) is 25.8. The molecule has 17 heteroatoms. The van der Waals surface area contributed by atoms with Crippen molar-refractivity contribution in [1.82, 2.24) is 44.4 Å². The van der Waals surface area contributed by atoms with Gasteiger partial charge in [-0.15, -0.1) is 10.2 Å². The Morgan fingerprint density at radius 1 is 1.12 bits per heavy atom. The molecule has 13 nitrogen and oxygen atoms in total. The van der Waals surface area contributed by atoms with E-state index in [0.29, 0.717) is 27.7 Å². The van der Waals surface area contributed by atoms with Crippen molar-refractivity contribution in [3.05, 3.63) is 87.3 Å². The zero-order valence-corrected chi connectivity index (χ0v) is 21.8. The molecule has 5 rings (SSSR count). The number of hydrogen-bond donors (Lipinski definition) is 1. The maximum atomic E-state index is 13.1. The zero-order valence-electron chi connectivity index (χ0n) is 21.0. The van der Waals surface area contributed by atoms with Gasteiger partial charge in [0.25, 0.3) is 0 Å². The van der Waals surface area contributed by atoms with Gasteiger partial charge in [-0.1, -0.05) is 16.8 Å². The summed E-state index contributed by atoms with van der Waals surface area (Å²) in [5.41, 5.74) is 0.564. The summed E-state index contributed by atoms with van der Waals surface area (Å²) in [5.74, 6) is -0.398. The maximum Gasteiger partial charge on any atom is 0.416 e. The number of halogens is 4. The highest BCUT2D eigenvalue weighted by Gasteiger charge is 2.39. The van der Waals surface area contributed by atoms with Gasteiger partial charge < -0.3 is 5.11 Å². The molecule has 4 heterocycles. The molecule has 0 amide bonds. The molecule has 0 aliphatic heterocycles. The Balaban J connectivity index is 1.44. The van der Waals surface area contributed by atoms with Crippen molar-refractivity contribution in [2.24, 2.45) is 0 Å². The van der Waals surface area contributed by atoms with Gasteiger partial charge in [0.1, 0.15) is 18.6 Å². The minimum atomic E-state index is -4.95. The van der Waals surface area contributed by atoms with Gasteiger partial charge in [0.2, 0.25) is 0 Å². The fourth-order valence-corrected chi connectivity index (χ4v) is 4.04. The van der Waals surface area contributed by atoms with Crippen molar-refractivity contribution in [3.8, 4) is 17.1 Å². The fourth-order valence-electron chi connectivity index (χ4n) is 3.91. The molecular formula is C24H19ClF3N9O4. The van der Waals surface area contributed by atoms with E-state index < -0.39 is 24.5 Å². The second-order valence-corrected chi connectivity index (χ2v) is 9.25. The lowest BCUT2D eigenvalue weighted by Gasteiger charge is -2.15. The number of ketones is 1. The van der Waals surface area contributed by atoms with E-state index in [1.54, 1.807) is 19.1 Å². The molecule has 0 unspecified atom stereocenters. The number of benzene rings is 1. The van der Waals surface area contributed by atoms with Crippen LogP contribution in [0.4, 0.5) is 13.2 Å². The summed E-state index contributed by atoms with van der Waals surface area (Å²) in [7, 11) is 0. The van der Waals surface area contributed by atoms with Crippen molar-refractivity contribution >= 4 is 17.4 Å². The minimum Gasteiger partial charge on any atom is -0.382 e. The molecule has 0 aliphatic carbocycles. The summed E-state index contributed by atoms with van der Waals surface area (Å²) in [6, 6.07) is 9.24. The largest absolute Gasteiger partial charge is 0.416 e. The first-order chi connectivity index (χ1) is 19.5. The summed E-state index contributed by atoms with van der Waals surface area (Å²) in [6.45, 7) is 0.202. The second-order valence-electron chi connectivity index (χ2n) is 8.81. The van der Waals surface area contributed by atoms with Crippen LogP contribution in [0.5, 0.6) is 0 Å². The first-order valence-electron chi connectivity index (χ1n) is 11.9. The lowest BCUT2D eigenvalue weighted by Crippen LogP contribution is -2.37. The van der Waals surface area contributed by atoms with Crippen molar-refractivity contribution in [2.75, 3.05) is 0 Å². The summed E-state index contributed by atoms with van der Waals surface area (Å²) < 4.78 is 46.9. The van der Waals surface area contributed by atoms with Crippen LogP contribution in [0.1, 0.15) is 27.7 Å². The molecule has 41 heavy (non-hydrogen) atoms. The molecule has 5 aromatic rings. The standard InChI is InChI=1S/C24H19ClF3N9O4/c1-13-21(34-41-33-13)18(38)9-16-17(3-2-8-29-16)37-12-30-20(31-37)11-36-23(40)35(10-19(39)24(26,27)28)22(32-36)14-4-6-15(25)7-5-14/h2-8,12,19,39H,9-11H2,1H3/t19-/m0/s1. The normalized spacial score (nSPS) is 12.5. The number of aromatic nitrogens is 9. The van der Waals surface area contributed by atoms with Crippen molar-refractivity contribution in [3.63, 3.8) is 0 Å². The van der Waals surface area contributed by atoms with Crippen LogP contribution in [0.2, 0.25) is 5.02 Å². The Hall–Kier alpha value is -4.70. The number of aliphatic hydroxyl groups is 1. The van der Waals surface area contributed by atoms with Crippen molar-refractivity contribution in [1.29, 1.82) is 0 Å². The Morgan fingerprint density at radius 2 is 1.88 bits per heavy atom. The molecule has 1 atom stereocenters. The first-order valence-corrected chi connectivity index (χ1v) is 12.2. The number of aryl methyl sites for hydroxylation is 1. The average Bonchev–Trinajstić information content (AvgIpc) is 3.65. The van der Waals surface area contributed by atoms with Crippen LogP contribution in [-0.2, 0) is 19.5 Å². The zero-order chi connectivity index (χ0) is 29.3. The summed E-state index contributed by atoms with van der Waals surface area (Å²) in [6.07, 6.45) is -5.07. The average molecular weight is 590 g/mol. The van der Waals surface area contributed by atoms with E-state index >= 15 is 0 Å². The number of nitrogens with zero attached hydrogens (tertiary/aromatic N) is 9. The molecule has 1 N–H and O–H groups in total. The molecule has 1 aromatic carbocycles. The number of carbonyl (C=O) groups excluding carboxylic acids is 1. The van der Waals surface area contributed by atoms with Gasteiger partial charge in [-0.25, -0.2) is 23.8 Å². The van der Waals surface area contributed by atoms with E-state index in [4.69, 9.17) is 11.6 Å². The molecule has 0 aliphatic rings. The lowest BCUT2D eigenvalue weighted by atomic mass is 10.1. The van der Waals surface area contributed by atoms with Gasteiger partial charge in [0.05, 0.1) is 24.3 Å². The number of hydrogen-bond acceptors (Lipinski definition) is 10. The minimum absolute atomic E-state index is 0.0722. The molecule has 0 spiro atoms. The third-order valence-electron chi connectivity index (χ3n) is 5.95. The summed E-state index contributed by atoms with van der Waals surface area (Å²) >= 11 is 5.92. The van der Waals surface area contributed by atoms with Gasteiger partial charge >= 0.3 is 11.9 Å². The third kappa shape index (κ3) is 5.92. The molecule has 0 radical (unpaired) electrons. The molecule has 0 fully saturated rings. The van der Waals surface area contributed by atoms with Gasteiger partial charge in [-0.05, 0) is 48.5 Å². The molecule has 212 valence electrons. The molecule has 0 saturated heterocycles. The van der Waals surface area contributed by atoms with Crippen LogP contribution in [0.15, 0.2) is 58.3 Å². The maximum absolute atomic E-state index is 13.1. The number of carbonyl (C=O) groups is 1. The van der Waals surface area contributed by atoms with Crippen LogP contribution >= 0.6 is 11.6 Å². The Morgan fingerprint density at radius 3 is 2.56 bits per heavy atom. The number of rotatable bonds is 9. The third-order valence-corrected chi connectivity index (χ3v) is 6.20. The highest BCUT2D eigenvalue weighted by Crippen LogP contribution is 2.24. The van der Waals surface area contributed by atoms with E-state index in [-0.39, 0.29) is 36.1 Å². The Labute approximate surface area is 232 Å². The van der Waals surface area contributed by atoms with Crippen LogP contribution in [0.3, 0.4) is 0 Å². The van der Waals surface area contributed by atoms with E-state index in [1.807, 2.05) is 0 Å². The van der Waals surface area contributed by atoms with Crippen molar-refractivity contribution < 1.29 is 27.7 Å². The predicted octanol–water partition coefficient (Wildman–Crippen LogP) is 2.43. The highest BCUT2D eigenvalue weighted by atomic mass is 35.5. The quantitative estimate of drug-likeness (QED) is 0.253. The molecule has 0 saturated carbocycles. The number of alkyl halides is 3. The van der Waals surface area contributed by atoms with Crippen LogP contribution in [0.25, 0.3) is 17.1 Å². The monoisotopic (exact) mass is 589 g/mol.